The highest BCUT2D eigenvalue weighted by atomic mass is 16.5. The van der Waals surface area contributed by atoms with Gasteiger partial charge in [-0.3, -0.25) is 9.59 Å². The average molecular weight is 293 g/mol. The molecule has 1 aromatic rings. The van der Waals surface area contributed by atoms with Gasteiger partial charge in [0.15, 0.2) is 0 Å². The SMILES string of the molecule is CC(C)CNC(=O)CNC(=O)CCOc1cccc(N)c1. The summed E-state index contributed by atoms with van der Waals surface area (Å²) >= 11 is 0. The Morgan fingerprint density at radius 1 is 1.24 bits per heavy atom. The van der Waals surface area contributed by atoms with Crippen molar-refractivity contribution < 1.29 is 14.3 Å². The minimum Gasteiger partial charge on any atom is -0.493 e. The van der Waals surface area contributed by atoms with Crippen LogP contribution < -0.4 is 21.1 Å². The zero-order chi connectivity index (χ0) is 15.7. The quantitative estimate of drug-likeness (QED) is 0.621. The second kappa shape index (κ2) is 8.84. The van der Waals surface area contributed by atoms with Crippen molar-refractivity contribution in [2.75, 3.05) is 25.4 Å². The number of hydrogen-bond acceptors (Lipinski definition) is 4. The number of benzene rings is 1. The topological polar surface area (TPSA) is 93.5 Å². The molecule has 0 aromatic heterocycles. The number of nitrogens with two attached hydrogens (primary N) is 1. The molecule has 0 radical (unpaired) electrons. The van der Waals surface area contributed by atoms with Crippen molar-refractivity contribution in [1.29, 1.82) is 0 Å². The van der Waals surface area contributed by atoms with Gasteiger partial charge in [-0.05, 0) is 18.1 Å². The van der Waals surface area contributed by atoms with E-state index in [4.69, 9.17) is 10.5 Å². The highest BCUT2D eigenvalue weighted by Crippen LogP contribution is 2.14. The number of ether oxygens (including phenoxy) is 1. The van der Waals surface area contributed by atoms with Gasteiger partial charge in [-0.15, -0.1) is 0 Å². The highest BCUT2D eigenvalue weighted by molar-refractivity contribution is 5.84. The molecule has 0 aliphatic heterocycles. The van der Waals surface area contributed by atoms with Crippen LogP contribution in [0.15, 0.2) is 24.3 Å². The number of nitrogens with one attached hydrogen (secondary N) is 2. The first-order valence-electron chi connectivity index (χ1n) is 6.99. The Bertz CT molecular complexity index is 475. The van der Waals surface area contributed by atoms with Crippen LogP contribution in [0, 0.1) is 5.92 Å². The van der Waals surface area contributed by atoms with Gasteiger partial charge in [0, 0.05) is 18.3 Å². The molecule has 0 saturated heterocycles. The summed E-state index contributed by atoms with van der Waals surface area (Å²) in [5.74, 6) is 0.598. The van der Waals surface area contributed by atoms with Crippen molar-refractivity contribution in [3.8, 4) is 5.75 Å². The van der Waals surface area contributed by atoms with Gasteiger partial charge in [0.2, 0.25) is 11.8 Å². The Hall–Kier alpha value is -2.24. The van der Waals surface area contributed by atoms with E-state index in [0.29, 0.717) is 23.9 Å². The first kappa shape index (κ1) is 16.8. The monoisotopic (exact) mass is 293 g/mol. The van der Waals surface area contributed by atoms with E-state index < -0.39 is 0 Å². The fraction of sp³-hybridized carbons (Fsp3) is 0.467. The Balaban J connectivity index is 2.15. The molecule has 6 heteroatoms. The zero-order valence-electron chi connectivity index (χ0n) is 12.5. The van der Waals surface area contributed by atoms with Gasteiger partial charge in [-0.1, -0.05) is 19.9 Å². The predicted molar refractivity (Wildman–Crippen MR) is 81.8 cm³/mol. The zero-order valence-corrected chi connectivity index (χ0v) is 12.5. The standard InChI is InChI=1S/C15H23N3O3/c1-11(2)9-17-15(20)10-18-14(19)6-7-21-13-5-3-4-12(16)8-13/h3-5,8,11H,6-7,9-10,16H2,1-2H3,(H,17,20)(H,18,19). The van der Waals surface area contributed by atoms with Gasteiger partial charge in [0.25, 0.3) is 0 Å². The maximum Gasteiger partial charge on any atom is 0.239 e. The van der Waals surface area contributed by atoms with E-state index in [9.17, 15) is 9.59 Å². The largest absolute Gasteiger partial charge is 0.493 e. The second-order valence-electron chi connectivity index (χ2n) is 5.15. The van der Waals surface area contributed by atoms with Crippen LogP contribution in [0.5, 0.6) is 5.75 Å². The lowest BCUT2D eigenvalue weighted by Crippen LogP contribution is -2.38. The molecule has 2 amide bonds. The van der Waals surface area contributed by atoms with E-state index in [1.165, 1.54) is 0 Å². The summed E-state index contributed by atoms with van der Waals surface area (Å²) in [6.45, 7) is 4.85. The lowest BCUT2D eigenvalue weighted by Gasteiger charge is -2.09. The van der Waals surface area contributed by atoms with Crippen molar-refractivity contribution >= 4 is 17.5 Å². The molecule has 4 N–H and O–H groups in total. The van der Waals surface area contributed by atoms with Gasteiger partial charge in [0.1, 0.15) is 5.75 Å². The maximum absolute atomic E-state index is 11.5. The first-order chi connectivity index (χ1) is 9.97. The van der Waals surface area contributed by atoms with E-state index in [1.807, 2.05) is 13.8 Å². The van der Waals surface area contributed by atoms with Gasteiger partial charge < -0.3 is 21.1 Å². The van der Waals surface area contributed by atoms with E-state index in [1.54, 1.807) is 24.3 Å². The van der Waals surface area contributed by atoms with E-state index in [0.717, 1.165) is 0 Å². The summed E-state index contributed by atoms with van der Waals surface area (Å²) in [6, 6.07) is 7.00. The smallest absolute Gasteiger partial charge is 0.239 e. The predicted octanol–water partition coefficient (Wildman–Crippen LogP) is 0.926. The molecule has 0 aliphatic carbocycles. The minimum absolute atomic E-state index is 0.0101. The van der Waals surface area contributed by atoms with Crippen LogP contribution in [-0.2, 0) is 9.59 Å². The second-order valence-corrected chi connectivity index (χ2v) is 5.15. The van der Waals surface area contributed by atoms with Gasteiger partial charge in [-0.2, -0.15) is 0 Å². The van der Waals surface area contributed by atoms with E-state index in [-0.39, 0.29) is 31.4 Å². The molecule has 0 atom stereocenters. The molecule has 1 rings (SSSR count). The van der Waals surface area contributed by atoms with Crippen molar-refractivity contribution in [3.63, 3.8) is 0 Å². The number of carbonyl (C=O) groups is 2. The Morgan fingerprint density at radius 2 is 2.00 bits per heavy atom. The lowest BCUT2D eigenvalue weighted by molar-refractivity contribution is -0.126. The molecular formula is C15H23N3O3. The molecule has 0 saturated carbocycles. The van der Waals surface area contributed by atoms with Crippen molar-refractivity contribution in [2.24, 2.45) is 5.92 Å². The summed E-state index contributed by atoms with van der Waals surface area (Å²) in [6.07, 6.45) is 0.187. The van der Waals surface area contributed by atoms with Crippen molar-refractivity contribution in [1.82, 2.24) is 10.6 Å². The number of carbonyl (C=O) groups excluding carboxylic acids is 2. The summed E-state index contributed by atoms with van der Waals surface area (Å²) in [5.41, 5.74) is 6.23. The molecule has 0 fully saturated rings. The molecule has 1 aromatic carbocycles. The molecule has 0 unspecified atom stereocenters. The highest BCUT2D eigenvalue weighted by Gasteiger charge is 2.06. The third kappa shape index (κ3) is 7.81. The fourth-order valence-corrected chi connectivity index (χ4v) is 1.51. The lowest BCUT2D eigenvalue weighted by atomic mass is 10.2. The van der Waals surface area contributed by atoms with Crippen LogP contribution in [0.1, 0.15) is 20.3 Å². The molecule has 21 heavy (non-hydrogen) atoms. The number of rotatable bonds is 8. The number of hydrogen-bond donors (Lipinski definition) is 3. The molecule has 0 bridgehead atoms. The number of nitrogen functional groups attached to an aromatic ring is 1. The molecular weight excluding hydrogens is 270 g/mol. The Labute approximate surface area is 125 Å². The molecule has 0 aliphatic rings. The Kier molecular flexibility index (Phi) is 7.08. The van der Waals surface area contributed by atoms with Crippen molar-refractivity contribution in [3.05, 3.63) is 24.3 Å². The molecule has 0 spiro atoms. The first-order valence-corrected chi connectivity index (χ1v) is 6.99. The fourth-order valence-electron chi connectivity index (χ4n) is 1.51. The van der Waals surface area contributed by atoms with Crippen LogP contribution in [-0.4, -0.2) is 31.5 Å². The third-order valence-corrected chi connectivity index (χ3v) is 2.61. The summed E-state index contributed by atoms with van der Waals surface area (Å²) in [5, 5.41) is 5.27. The Morgan fingerprint density at radius 3 is 2.67 bits per heavy atom. The van der Waals surface area contributed by atoms with E-state index >= 15 is 0 Å². The van der Waals surface area contributed by atoms with Crippen LogP contribution >= 0.6 is 0 Å². The van der Waals surface area contributed by atoms with Gasteiger partial charge >= 0.3 is 0 Å². The van der Waals surface area contributed by atoms with Crippen molar-refractivity contribution in [2.45, 2.75) is 20.3 Å². The molecule has 6 nitrogen and oxygen atoms in total. The number of amides is 2. The van der Waals surface area contributed by atoms with E-state index in [2.05, 4.69) is 10.6 Å². The summed E-state index contributed by atoms with van der Waals surface area (Å²) in [4.78, 5) is 23.0. The minimum atomic E-state index is -0.224. The molecule has 116 valence electrons. The van der Waals surface area contributed by atoms with Crippen LogP contribution in [0.2, 0.25) is 0 Å². The van der Waals surface area contributed by atoms with Gasteiger partial charge in [0.05, 0.1) is 19.6 Å². The van der Waals surface area contributed by atoms with Crippen LogP contribution in [0.3, 0.4) is 0 Å². The third-order valence-electron chi connectivity index (χ3n) is 2.61. The van der Waals surface area contributed by atoms with Crippen LogP contribution in [0.25, 0.3) is 0 Å². The summed E-state index contributed by atoms with van der Waals surface area (Å²) in [7, 11) is 0. The van der Waals surface area contributed by atoms with Crippen LogP contribution in [0.4, 0.5) is 5.69 Å². The summed E-state index contributed by atoms with van der Waals surface area (Å²) < 4.78 is 5.40. The molecule has 0 heterocycles. The van der Waals surface area contributed by atoms with Gasteiger partial charge in [-0.25, -0.2) is 0 Å². The normalized spacial score (nSPS) is 10.2. The maximum atomic E-state index is 11.5. The average Bonchev–Trinajstić information content (AvgIpc) is 2.43. The number of anilines is 1.